The van der Waals surface area contributed by atoms with E-state index in [1.807, 2.05) is 0 Å². The predicted molar refractivity (Wildman–Crippen MR) is 101 cm³/mol. The number of alkyl halides is 3. The van der Waals surface area contributed by atoms with Crippen LogP contribution in [0.5, 0.6) is 5.75 Å². The van der Waals surface area contributed by atoms with Gasteiger partial charge in [-0.3, -0.25) is 13.8 Å². The third-order valence-corrected chi connectivity index (χ3v) is 3.80. The molecule has 3 heterocycles. The van der Waals surface area contributed by atoms with Gasteiger partial charge in [0, 0.05) is 50.0 Å². The summed E-state index contributed by atoms with van der Waals surface area (Å²) in [6.45, 7) is 0. The second kappa shape index (κ2) is 10.9. The van der Waals surface area contributed by atoms with E-state index < -0.39 is 23.6 Å². The molecule has 5 nitrogen and oxygen atoms in total. The zero-order valence-corrected chi connectivity index (χ0v) is 18.6. The van der Waals surface area contributed by atoms with Crippen LogP contribution in [0.2, 0.25) is 0 Å². The van der Waals surface area contributed by atoms with E-state index in [0.29, 0.717) is 17.1 Å². The summed E-state index contributed by atoms with van der Waals surface area (Å²) in [5.74, 6) is -1.94. The molecule has 0 saturated heterocycles. The second-order valence-electron chi connectivity index (χ2n) is 5.91. The number of halogens is 5. The van der Waals surface area contributed by atoms with Crippen LogP contribution in [0.1, 0.15) is 5.82 Å². The van der Waals surface area contributed by atoms with Crippen molar-refractivity contribution in [2.45, 2.75) is 6.18 Å². The summed E-state index contributed by atoms with van der Waals surface area (Å²) in [5, 5.41) is 0. The first-order valence-corrected chi connectivity index (χ1v) is 8.63. The van der Waals surface area contributed by atoms with Gasteiger partial charge in [-0.05, 0) is 35.7 Å². The fraction of sp³-hybridized carbons (Fsp3) is 0.0952. The van der Waals surface area contributed by atoms with Gasteiger partial charge in [-0.25, -0.2) is 0 Å². The van der Waals surface area contributed by atoms with Crippen molar-refractivity contribution in [2.24, 2.45) is 0 Å². The van der Waals surface area contributed by atoms with Crippen molar-refractivity contribution in [3.05, 3.63) is 84.6 Å². The molecular weight excluding hydrogens is 611 g/mol. The fourth-order valence-electron chi connectivity index (χ4n) is 2.38. The number of ether oxygens (including phenoxy) is 1. The Morgan fingerprint density at radius 3 is 2.31 bits per heavy atom. The Morgan fingerprint density at radius 2 is 1.72 bits per heavy atom. The van der Waals surface area contributed by atoms with Crippen LogP contribution in [-0.2, 0) is 26.3 Å². The Kier molecular flexibility index (Phi) is 8.56. The van der Waals surface area contributed by atoms with Gasteiger partial charge in [0.2, 0.25) is 0 Å². The van der Waals surface area contributed by atoms with E-state index in [-0.39, 0.29) is 31.4 Å². The van der Waals surface area contributed by atoms with Crippen molar-refractivity contribution in [3.8, 4) is 28.4 Å². The van der Waals surface area contributed by atoms with Gasteiger partial charge < -0.3 is 19.7 Å². The average Bonchev–Trinajstić information content (AvgIpc) is 3.26. The van der Waals surface area contributed by atoms with Crippen LogP contribution in [0.25, 0.3) is 22.6 Å². The Hall–Kier alpha value is -3.17. The van der Waals surface area contributed by atoms with Crippen LogP contribution in [-0.4, -0.2) is 22.1 Å². The zero-order valence-electron chi connectivity index (χ0n) is 16.2. The Balaban J connectivity index is 0.000000220. The van der Waals surface area contributed by atoms with E-state index in [9.17, 15) is 22.0 Å². The second-order valence-corrected chi connectivity index (χ2v) is 5.91. The molecule has 1 aromatic carbocycles. The molecule has 4 aromatic rings. The van der Waals surface area contributed by atoms with E-state index in [1.165, 1.54) is 19.5 Å². The van der Waals surface area contributed by atoms with Gasteiger partial charge in [-0.15, -0.1) is 12.1 Å². The number of hydrogen-bond acceptors (Lipinski definition) is 4. The largest absolute Gasteiger partial charge is 0.497 e. The topological polar surface area (TPSA) is 62.0 Å². The zero-order chi connectivity index (χ0) is 22.4. The van der Waals surface area contributed by atoms with E-state index in [4.69, 9.17) is 4.74 Å². The molecule has 0 amide bonds. The summed E-state index contributed by atoms with van der Waals surface area (Å²) in [6.07, 6.45) is -0.472. The number of rotatable bonds is 3. The van der Waals surface area contributed by atoms with Gasteiger partial charge >= 0.3 is 6.18 Å². The number of methoxy groups -OCH3 is 1. The van der Waals surface area contributed by atoms with Crippen molar-refractivity contribution in [1.82, 2.24) is 19.9 Å². The van der Waals surface area contributed by atoms with Crippen molar-refractivity contribution in [1.29, 1.82) is 0 Å². The molecule has 0 spiro atoms. The molecule has 11 heteroatoms. The van der Waals surface area contributed by atoms with E-state index >= 15 is 0 Å². The summed E-state index contributed by atoms with van der Waals surface area (Å²) in [4.78, 5) is 14.4. The average molecular weight is 625 g/mol. The molecule has 0 bridgehead atoms. The van der Waals surface area contributed by atoms with Crippen LogP contribution in [0.15, 0.2) is 61.1 Å². The normalized spacial score (nSPS) is 10.6. The molecule has 1 radical (unpaired) electrons. The Labute approximate surface area is 193 Å². The number of aromatic nitrogens is 4. The molecular formula is C21H13F5IrN4O-2. The fourth-order valence-corrected chi connectivity index (χ4v) is 2.38. The van der Waals surface area contributed by atoms with Gasteiger partial charge in [0.15, 0.2) is 0 Å². The minimum absolute atomic E-state index is 0. The molecule has 0 aliphatic rings. The Bertz CT molecular complexity index is 1150. The first-order valence-electron chi connectivity index (χ1n) is 8.63. The molecule has 0 saturated carbocycles. The standard InChI is InChI=1S/C12H8F2NO.C9H5F3N3.Ir/c1-16-9-4-5-15-12(7-9)10-3-2-8(13)6-11(10)14;10-9(11,12)8-14-5-7(15-8)6-3-1-2-4-13-6;/h2,4-7H,1H3;1-5H;/q2*-1;. The van der Waals surface area contributed by atoms with Gasteiger partial charge in [0.25, 0.3) is 0 Å². The van der Waals surface area contributed by atoms with Crippen molar-refractivity contribution < 1.29 is 46.8 Å². The predicted octanol–water partition coefficient (Wildman–Crippen LogP) is 4.95. The first-order chi connectivity index (χ1) is 14.8. The molecule has 3 aromatic heterocycles. The van der Waals surface area contributed by atoms with Gasteiger partial charge in [-0.2, -0.15) is 13.2 Å². The summed E-state index contributed by atoms with van der Waals surface area (Å²) in [5.41, 5.74) is 0.987. The monoisotopic (exact) mass is 625 g/mol. The number of imidazole rings is 1. The van der Waals surface area contributed by atoms with E-state index in [1.54, 1.807) is 30.3 Å². The van der Waals surface area contributed by atoms with Crippen LogP contribution in [0, 0.1) is 17.7 Å². The molecule has 0 unspecified atom stereocenters. The smallest absolute Gasteiger partial charge is 0.408 e. The maximum absolute atomic E-state index is 13.4. The van der Waals surface area contributed by atoms with Gasteiger partial charge in [0.1, 0.15) is 5.75 Å². The number of pyridine rings is 2. The summed E-state index contributed by atoms with van der Waals surface area (Å²) in [7, 11) is 1.50. The van der Waals surface area contributed by atoms with Crippen LogP contribution < -0.4 is 9.72 Å². The third-order valence-electron chi connectivity index (χ3n) is 3.80. The van der Waals surface area contributed by atoms with Crippen molar-refractivity contribution in [2.75, 3.05) is 7.11 Å². The minimum atomic E-state index is -4.51. The molecule has 32 heavy (non-hydrogen) atoms. The van der Waals surface area contributed by atoms with Crippen molar-refractivity contribution >= 4 is 0 Å². The SMILES string of the molecule is COc1ccnc(-c2[c-]cc(F)cc2F)c1.FC(F)(F)c1ncc(-c2ccccn2)[n-]1.[Ir]. The van der Waals surface area contributed by atoms with Gasteiger partial charge in [0.05, 0.1) is 12.8 Å². The first kappa shape index (κ1) is 25.1. The number of nitrogens with zero attached hydrogens (tertiary/aromatic N) is 4. The quantitative estimate of drug-likeness (QED) is 0.239. The molecule has 0 N–H and O–H groups in total. The number of hydrogen-bond donors (Lipinski definition) is 0. The van der Waals surface area contributed by atoms with Crippen molar-refractivity contribution in [3.63, 3.8) is 0 Å². The Morgan fingerprint density at radius 1 is 0.969 bits per heavy atom. The molecule has 169 valence electrons. The molecule has 4 rings (SSSR count). The maximum Gasteiger partial charge on any atom is 0.408 e. The minimum Gasteiger partial charge on any atom is -0.497 e. The van der Waals surface area contributed by atoms with Crippen LogP contribution in [0.4, 0.5) is 22.0 Å². The summed E-state index contributed by atoms with van der Waals surface area (Å²) in [6, 6.07) is 12.5. The summed E-state index contributed by atoms with van der Waals surface area (Å²) >= 11 is 0. The molecule has 0 fully saturated rings. The van der Waals surface area contributed by atoms with E-state index in [2.05, 4.69) is 26.0 Å². The van der Waals surface area contributed by atoms with Crippen LogP contribution >= 0.6 is 0 Å². The maximum atomic E-state index is 13.4. The third kappa shape index (κ3) is 6.41. The molecule has 0 atom stereocenters. The number of benzene rings is 1. The van der Waals surface area contributed by atoms with E-state index in [0.717, 1.165) is 18.3 Å². The summed E-state index contributed by atoms with van der Waals surface area (Å²) < 4.78 is 67.6. The van der Waals surface area contributed by atoms with Gasteiger partial charge in [-0.1, -0.05) is 23.9 Å². The molecule has 0 aliphatic heterocycles. The molecule has 0 aliphatic carbocycles. The van der Waals surface area contributed by atoms with Crippen LogP contribution in [0.3, 0.4) is 0 Å².